The zero-order chi connectivity index (χ0) is 15.0. The molecular weight excluding hydrogens is 292 g/mol. The topological polar surface area (TPSA) is 73.0 Å². The molecule has 0 aliphatic carbocycles. The lowest BCUT2D eigenvalue weighted by molar-refractivity contribution is 0.0938. The van der Waals surface area contributed by atoms with Crippen LogP contribution in [0.25, 0.3) is 11.1 Å². The normalized spacial score (nSPS) is 11.0. The number of amides is 1. The summed E-state index contributed by atoms with van der Waals surface area (Å²) in [6, 6.07) is 7.43. The zero-order valence-corrected chi connectivity index (χ0v) is 12.3. The van der Waals surface area contributed by atoms with Crippen molar-refractivity contribution in [3.05, 3.63) is 46.6 Å². The Kier molecular flexibility index (Phi) is 3.39. The number of aromatic nitrogens is 3. The fourth-order valence-corrected chi connectivity index (χ4v) is 2.36. The summed E-state index contributed by atoms with van der Waals surface area (Å²) in [6.07, 6.45) is 0. The molecule has 6 nitrogen and oxygen atoms in total. The van der Waals surface area contributed by atoms with Crippen molar-refractivity contribution < 1.29 is 9.21 Å². The second kappa shape index (κ2) is 5.21. The summed E-state index contributed by atoms with van der Waals surface area (Å²) in [7, 11) is 1.67. The highest BCUT2D eigenvalue weighted by atomic mass is 35.5. The second-order valence-electron chi connectivity index (χ2n) is 4.63. The first kappa shape index (κ1) is 13.6. The molecule has 2 heterocycles. The van der Waals surface area contributed by atoms with Crippen LogP contribution in [-0.4, -0.2) is 20.7 Å². The number of carbonyl (C=O) groups excluding carboxylic acids is 1. The Morgan fingerprint density at radius 3 is 2.86 bits per heavy atom. The van der Waals surface area contributed by atoms with E-state index >= 15 is 0 Å². The second-order valence-corrected chi connectivity index (χ2v) is 5.01. The molecule has 0 saturated carbocycles. The molecule has 2 aromatic heterocycles. The zero-order valence-electron chi connectivity index (χ0n) is 11.6. The van der Waals surface area contributed by atoms with E-state index in [4.69, 9.17) is 16.0 Å². The Bertz CT molecular complexity index is 789. The fourth-order valence-electron chi connectivity index (χ4n) is 2.11. The lowest BCUT2D eigenvalue weighted by Gasteiger charge is -2.03. The first-order valence-electron chi connectivity index (χ1n) is 6.38. The van der Waals surface area contributed by atoms with Crippen LogP contribution in [-0.2, 0) is 13.6 Å². The van der Waals surface area contributed by atoms with Gasteiger partial charge in [0.05, 0.1) is 17.3 Å². The van der Waals surface area contributed by atoms with Crippen molar-refractivity contribution in [1.82, 2.24) is 20.1 Å². The van der Waals surface area contributed by atoms with Crippen molar-refractivity contribution in [2.45, 2.75) is 13.5 Å². The Labute approximate surface area is 125 Å². The van der Waals surface area contributed by atoms with Gasteiger partial charge in [-0.1, -0.05) is 23.7 Å². The van der Waals surface area contributed by atoms with Crippen LogP contribution >= 0.6 is 11.6 Å². The summed E-state index contributed by atoms with van der Waals surface area (Å²) < 4.78 is 7.00. The number of halogens is 1. The molecule has 0 atom stereocenters. The number of hydrogen-bond donors (Lipinski definition) is 1. The number of rotatable bonds is 3. The van der Waals surface area contributed by atoms with Gasteiger partial charge in [-0.05, 0) is 19.1 Å². The third-order valence-corrected chi connectivity index (χ3v) is 3.56. The largest absolute Gasteiger partial charge is 0.439 e. The first-order chi connectivity index (χ1) is 10.1. The number of benzene rings is 1. The van der Waals surface area contributed by atoms with Crippen molar-refractivity contribution in [1.29, 1.82) is 0 Å². The first-order valence-corrected chi connectivity index (χ1v) is 6.76. The number of aryl methyl sites for hydroxylation is 2. The van der Waals surface area contributed by atoms with Gasteiger partial charge in [-0.2, -0.15) is 5.10 Å². The van der Waals surface area contributed by atoms with Gasteiger partial charge in [0.1, 0.15) is 11.2 Å². The van der Waals surface area contributed by atoms with E-state index in [0.717, 1.165) is 5.52 Å². The Hall–Kier alpha value is -2.34. The summed E-state index contributed by atoms with van der Waals surface area (Å²) in [5.41, 5.74) is 2.39. The number of hydrogen-bond acceptors (Lipinski definition) is 4. The number of nitrogens with one attached hydrogen (secondary N) is 1. The molecule has 1 N–H and O–H groups in total. The van der Waals surface area contributed by atoms with Crippen LogP contribution < -0.4 is 5.32 Å². The van der Waals surface area contributed by atoms with Gasteiger partial charge in [0.15, 0.2) is 5.58 Å². The minimum absolute atomic E-state index is 0.189. The summed E-state index contributed by atoms with van der Waals surface area (Å²) in [5.74, 6) is 0.130. The molecule has 3 aromatic rings. The van der Waals surface area contributed by atoms with E-state index in [2.05, 4.69) is 15.4 Å². The highest BCUT2D eigenvalue weighted by molar-refractivity contribution is 6.34. The van der Waals surface area contributed by atoms with Crippen LogP contribution in [0.5, 0.6) is 0 Å². The number of carbonyl (C=O) groups is 1. The van der Waals surface area contributed by atoms with Crippen LogP contribution in [0.3, 0.4) is 0 Å². The monoisotopic (exact) mass is 304 g/mol. The molecule has 7 heteroatoms. The van der Waals surface area contributed by atoms with Gasteiger partial charge in [-0.3, -0.25) is 9.48 Å². The smallest absolute Gasteiger partial charge is 0.271 e. The van der Waals surface area contributed by atoms with Crippen LogP contribution in [0.1, 0.15) is 22.1 Å². The Morgan fingerprint density at radius 1 is 1.43 bits per heavy atom. The average Bonchev–Trinajstić information content (AvgIpc) is 2.97. The van der Waals surface area contributed by atoms with E-state index in [9.17, 15) is 4.79 Å². The van der Waals surface area contributed by atoms with Crippen LogP contribution in [0.4, 0.5) is 0 Å². The van der Waals surface area contributed by atoms with Gasteiger partial charge in [0.25, 0.3) is 5.91 Å². The third kappa shape index (κ3) is 2.50. The highest BCUT2D eigenvalue weighted by Crippen LogP contribution is 2.19. The van der Waals surface area contributed by atoms with Gasteiger partial charge in [-0.15, -0.1) is 0 Å². The minimum atomic E-state index is -0.314. The third-order valence-electron chi connectivity index (χ3n) is 3.10. The molecule has 0 spiro atoms. The number of para-hydroxylation sites is 2. The number of fused-ring (bicyclic) bond motifs is 1. The summed E-state index contributed by atoms with van der Waals surface area (Å²) >= 11 is 6.07. The van der Waals surface area contributed by atoms with E-state index in [1.54, 1.807) is 14.0 Å². The minimum Gasteiger partial charge on any atom is -0.439 e. The molecule has 21 heavy (non-hydrogen) atoms. The maximum Gasteiger partial charge on any atom is 0.271 e. The molecule has 1 aromatic carbocycles. The lowest BCUT2D eigenvalue weighted by Crippen LogP contribution is -2.25. The van der Waals surface area contributed by atoms with Crippen molar-refractivity contribution in [3.8, 4) is 0 Å². The van der Waals surface area contributed by atoms with Crippen molar-refractivity contribution in [3.63, 3.8) is 0 Å². The highest BCUT2D eigenvalue weighted by Gasteiger charge is 2.19. The maximum absolute atomic E-state index is 12.2. The van der Waals surface area contributed by atoms with Crippen LogP contribution in [0, 0.1) is 6.92 Å². The molecule has 0 bridgehead atoms. The molecule has 1 amide bonds. The summed E-state index contributed by atoms with van der Waals surface area (Å²) in [6.45, 7) is 1.94. The Balaban J connectivity index is 1.76. The standard InChI is InChI=1S/C14H13ClN4O2/c1-8-12(15)13(19(2)18-8)14(20)16-7-11-17-9-5-3-4-6-10(9)21-11/h3-6H,7H2,1-2H3,(H,16,20). The molecule has 0 saturated heterocycles. The summed E-state index contributed by atoms with van der Waals surface area (Å²) in [5, 5.41) is 7.19. The van der Waals surface area contributed by atoms with Crippen molar-refractivity contribution >= 4 is 28.6 Å². The quantitative estimate of drug-likeness (QED) is 0.806. The number of nitrogens with zero attached hydrogens (tertiary/aromatic N) is 3. The lowest BCUT2D eigenvalue weighted by atomic mass is 10.3. The van der Waals surface area contributed by atoms with Crippen LogP contribution in [0.15, 0.2) is 28.7 Å². The maximum atomic E-state index is 12.2. The molecule has 0 aliphatic rings. The SMILES string of the molecule is Cc1nn(C)c(C(=O)NCc2nc3ccccc3o2)c1Cl. The molecular formula is C14H13ClN4O2. The molecule has 108 valence electrons. The van der Waals surface area contributed by atoms with Gasteiger partial charge < -0.3 is 9.73 Å². The van der Waals surface area contributed by atoms with E-state index < -0.39 is 0 Å². The fraction of sp³-hybridized carbons (Fsp3) is 0.214. The van der Waals surface area contributed by atoms with Gasteiger partial charge in [0, 0.05) is 7.05 Å². The average molecular weight is 305 g/mol. The molecule has 0 unspecified atom stereocenters. The summed E-state index contributed by atoms with van der Waals surface area (Å²) in [4.78, 5) is 16.5. The van der Waals surface area contributed by atoms with E-state index in [1.807, 2.05) is 24.3 Å². The van der Waals surface area contributed by atoms with Gasteiger partial charge in [0.2, 0.25) is 5.89 Å². The molecule has 3 rings (SSSR count). The predicted molar refractivity (Wildman–Crippen MR) is 78.1 cm³/mol. The molecule has 0 aliphatic heterocycles. The van der Waals surface area contributed by atoms with Crippen molar-refractivity contribution in [2.24, 2.45) is 7.05 Å². The molecule has 0 fully saturated rings. The van der Waals surface area contributed by atoms with Gasteiger partial charge >= 0.3 is 0 Å². The van der Waals surface area contributed by atoms with Crippen LogP contribution in [0.2, 0.25) is 5.02 Å². The predicted octanol–water partition coefficient (Wildman–Crippen LogP) is 2.45. The van der Waals surface area contributed by atoms with Crippen molar-refractivity contribution in [2.75, 3.05) is 0 Å². The van der Waals surface area contributed by atoms with E-state index in [1.165, 1.54) is 4.68 Å². The van der Waals surface area contributed by atoms with E-state index in [0.29, 0.717) is 27.9 Å². The van der Waals surface area contributed by atoms with E-state index in [-0.39, 0.29) is 12.5 Å². The molecule has 0 radical (unpaired) electrons. The Morgan fingerprint density at radius 2 is 2.19 bits per heavy atom. The number of oxazole rings is 1. The van der Waals surface area contributed by atoms with Gasteiger partial charge in [-0.25, -0.2) is 4.98 Å².